The molecule has 4 rings (SSSR count). The summed E-state index contributed by atoms with van der Waals surface area (Å²) >= 11 is 12.8. The first-order chi connectivity index (χ1) is 13.7. The van der Waals surface area contributed by atoms with Gasteiger partial charge in [0, 0.05) is 28.2 Å². The van der Waals surface area contributed by atoms with Gasteiger partial charge in [0.1, 0.15) is 11.9 Å². The molecule has 0 radical (unpaired) electrons. The number of hydrogen-bond acceptors (Lipinski definition) is 5. The van der Waals surface area contributed by atoms with E-state index in [-0.39, 0.29) is 23.1 Å². The Morgan fingerprint density at radius 2 is 1.86 bits per heavy atom. The van der Waals surface area contributed by atoms with E-state index in [1.165, 1.54) is 12.1 Å². The van der Waals surface area contributed by atoms with E-state index in [9.17, 15) is 8.42 Å². The number of piperidine rings is 1. The monoisotopic (exact) mass is 455 g/mol. The Morgan fingerprint density at radius 1 is 1.14 bits per heavy atom. The van der Waals surface area contributed by atoms with Crippen LogP contribution >= 0.6 is 23.2 Å². The van der Waals surface area contributed by atoms with Crippen LogP contribution in [-0.2, 0) is 16.4 Å². The predicted molar refractivity (Wildman–Crippen MR) is 114 cm³/mol. The summed E-state index contributed by atoms with van der Waals surface area (Å²) in [6.45, 7) is 1.75. The van der Waals surface area contributed by atoms with Crippen molar-refractivity contribution in [1.82, 2.24) is 4.90 Å². The van der Waals surface area contributed by atoms with Gasteiger partial charge < -0.3 is 10.5 Å². The van der Waals surface area contributed by atoms with Crippen molar-refractivity contribution in [3.05, 3.63) is 57.6 Å². The van der Waals surface area contributed by atoms with Crippen LogP contribution in [0.2, 0.25) is 10.0 Å². The third kappa shape index (κ3) is 4.40. The summed E-state index contributed by atoms with van der Waals surface area (Å²) in [5, 5.41) is 6.38. The van der Waals surface area contributed by atoms with Crippen molar-refractivity contribution in [2.24, 2.45) is 10.9 Å². The first kappa shape index (κ1) is 20.9. The Balaban J connectivity index is 1.67. The summed E-state index contributed by atoms with van der Waals surface area (Å²) in [4.78, 5) is 2.41. The number of ether oxygens (including phenoxy) is 1. The van der Waals surface area contributed by atoms with Gasteiger partial charge in [-0.05, 0) is 67.8 Å². The van der Waals surface area contributed by atoms with Crippen LogP contribution in [0.1, 0.15) is 30.1 Å². The van der Waals surface area contributed by atoms with E-state index in [1.54, 1.807) is 18.2 Å². The Hall–Kier alpha value is -1.35. The van der Waals surface area contributed by atoms with E-state index in [2.05, 4.69) is 4.90 Å². The van der Waals surface area contributed by atoms with E-state index >= 15 is 0 Å². The second-order valence-electron chi connectivity index (χ2n) is 7.68. The van der Waals surface area contributed by atoms with Crippen LogP contribution < -0.4 is 15.6 Å². The average molecular weight is 456 g/mol. The molecular formula is C20H23Cl2N3O3S. The van der Waals surface area contributed by atoms with Gasteiger partial charge in [0.25, 0.3) is 0 Å². The fraction of sp³-hybridized carbons (Fsp3) is 0.400. The number of nitrogens with two attached hydrogens (primary N) is 2. The molecule has 9 heteroatoms. The van der Waals surface area contributed by atoms with Crippen molar-refractivity contribution < 1.29 is 13.2 Å². The molecule has 1 aliphatic carbocycles. The highest BCUT2D eigenvalue weighted by atomic mass is 35.5. The first-order valence-corrected chi connectivity index (χ1v) is 11.8. The van der Waals surface area contributed by atoms with Crippen molar-refractivity contribution in [2.45, 2.75) is 42.3 Å². The molecule has 1 unspecified atom stereocenters. The van der Waals surface area contributed by atoms with Gasteiger partial charge in [0.05, 0.1) is 10.9 Å². The molecule has 1 aliphatic heterocycles. The van der Waals surface area contributed by atoms with Crippen LogP contribution in [0.15, 0.2) is 41.3 Å². The minimum absolute atomic E-state index is 0.0429. The largest absolute Gasteiger partial charge is 0.484 e. The molecule has 6 nitrogen and oxygen atoms in total. The molecule has 2 aromatic rings. The van der Waals surface area contributed by atoms with E-state index in [0.29, 0.717) is 15.8 Å². The molecule has 156 valence electrons. The second kappa shape index (κ2) is 8.06. The van der Waals surface area contributed by atoms with Gasteiger partial charge in [-0.1, -0.05) is 23.2 Å². The molecule has 0 spiro atoms. The zero-order valence-corrected chi connectivity index (χ0v) is 18.1. The SMILES string of the molecule is NC1CCCN([C@H]2Cc3c(Cl)cc(Cl)cc3[C@@H]2Oc2ccc(S(N)(=O)=O)cc2)C1. The van der Waals surface area contributed by atoms with Crippen molar-refractivity contribution in [1.29, 1.82) is 0 Å². The van der Waals surface area contributed by atoms with Crippen LogP contribution in [0.4, 0.5) is 0 Å². The highest BCUT2D eigenvalue weighted by Crippen LogP contribution is 2.43. The van der Waals surface area contributed by atoms with Crippen LogP contribution in [0.5, 0.6) is 5.75 Å². The lowest BCUT2D eigenvalue weighted by atomic mass is 10.0. The minimum Gasteiger partial charge on any atom is -0.484 e. The maximum atomic E-state index is 11.5. The number of sulfonamides is 1. The summed E-state index contributed by atoms with van der Waals surface area (Å²) in [7, 11) is -3.75. The quantitative estimate of drug-likeness (QED) is 0.737. The number of nitrogens with zero attached hydrogens (tertiary/aromatic N) is 1. The zero-order valence-electron chi connectivity index (χ0n) is 15.7. The Labute approximate surface area is 180 Å². The summed E-state index contributed by atoms with van der Waals surface area (Å²) in [5.41, 5.74) is 8.20. The number of hydrogen-bond donors (Lipinski definition) is 2. The van der Waals surface area contributed by atoms with Crippen molar-refractivity contribution in [3.63, 3.8) is 0 Å². The van der Waals surface area contributed by atoms with Gasteiger partial charge in [0.15, 0.2) is 0 Å². The molecule has 4 N–H and O–H groups in total. The maximum Gasteiger partial charge on any atom is 0.238 e. The molecule has 1 saturated heterocycles. The number of halogens is 2. The van der Waals surface area contributed by atoms with Crippen molar-refractivity contribution in [3.8, 4) is 5.75 Å². The molecule has 3 atom stereocenters. The number of primary sulfonamides is 1. The third-order valence-corrected chi connectivity index (χ3v) is 7.12. The molecule has 0 saturated carbocycles. The lowest BCUT2D eigenvalue weighted by molar-refractivity contribution is 0.0593. The lowest BCUT2D eigenvalue weighted by Gasteiger charge is -2.38. The van der Waals surface area contributed by atoms with Crippen LogP contribution in [-0.4, -0.2) is 38.5 Å². The molecule has 1 heterocycles. The number of benzene rings is 2. The summed E-state index contributed by atoms with van der Waals surface area (Å²) < 4.78 is 29.4. The minimum atomic E-state index is -3.75. The van der Waals surface area contributed by atoms with Crippen LogP contribution in [0.3, 0.4) is 0 Å². The van der Waals surface area contributed by atoms with Crippen LogP contribution in [0, 0.1) is 0 Å². The Bertz CT molecular complexity index is 1010. The van der Waals surface area contributed by atoms with E-state index < -0.39 is 10.0 Å². The Morgan fingerprint density at radius 3 is 2.52 bits per heavy atom. The summed E-state index contributed by atoms with van der Waals surface area (Å²) in [6.07, 6.45) is 2.52. The van der Waals surface area contributed by atoms with E-state index in [0.717, 1.165) is 43.5 Å². The average Bonchev–Trinajstić information content (AvgIpc) is 3.00. The van der Waals surface area contributed by atoms with Gasteiger partial charge >= 0.3 is 0 Å². The van der Waals surface area contributed by atoms with Gasteiger partial charge in [-0.15, -0.1) is 0 Å². The van der Waals surface area contributed by atoms with E-state index in [1.807, 2.05) is 6.07 Å². The normalized spacial score (nSPS) is 25.0. The summed E-state index contributed by atoms with van der Waals surface area (Å²) in [6, 6.07) is 9.98. The molecule has 0 amide bonds. The van der Waals surface area contributed by atoms with Crippen LogP contribution in [0.25, 0.3) is 0 Å². The first-order valence-electron chi connectivity index (χ1n) is 9.49. The smallest absolute Gasteiger partial charge is 0.238 e. The molecule has 2 aliphatic rings. The fourth-order valence-electron chi connectivity index (χ4n) is 4.27. The van der Waals surface area contributed by atoms with E-state index in [4.69, 9.17) is 38.8 Å². The van der Waals surface area contributed by atoms with Gasteiger partial charge in [-0.2, -0.15) is 0 Å². The Kier molecular flexibility index (Phi) is 5.81. The fourth-order valence-corrected chi connectivity index (χ4v) is 5.38. The third-order valence-electron chi connectivity index (χ3n) is 5.64. The van der Waals surface area contributed by atoms with Crippen molar-refractivity contribution in [2.75, 3.05) is 13.1 Å². The number of fused-ring (bicyclic) bond motifs is 1. The maximum absolute atomic E-state index is 11.5. The highest BCUT2D eigenvalue weighted by molar-refractivity contribution is 7.89. The van der Waals surface area contributed by atoms with Gasteiger partial charge in [0.2, 0.25) is 10.0 Å². The number of likely N-dealkylation sites (tertiary alicyclic amines) is 1. The molecule has 0 bridgehead atoms. The van der Waals surface area contributed by atoms with Gasteiger partial charge in [-0.3, -0.25) is 4.90 Å². The molecule has 29 heavy (non-hydrogen) atoms. The molecule has 2 aromatic carbocycles. The zero-order chi connectivity index (χ0) is 20.8. The van der Waals surface area contributed by atoms with Crippen molar-refractivity contribution >= 4 is 33.2 Å². The highest BCUT2D eigenvalue weighted by Gasteiger charge is 2.40. The lowest BCUT2D eigenvalue weighted by Crippen LogP contribution is -2.49. The topological polar surface area (TPSA) is 98.6 Å². The molecular weight excluding hydrogens is 433 g/mol. The van der Waals surface area contributed by atoms with Gasteiger partial charge in [-0.25, -0.2) is 13.6 Å². The number of rotatable bonds is 4. The summed E-state index contributed by atoms with van der Waals surface area (Å²) in [5.74, 6) is 0.553. The predicted octanol–water partition coefficient (Wildman–Crippen LogP) is 3.11. The second-order valence-corrected chi connectivity index (χ2v) is 10.1. The molecule has 1 fully saturated rings. The molecule has 0 aromatic heterocycles. The standard InChI is InChI=1S/C20H23Cl2N3O3S/c21-12-8-17-16(18(22)9-12)10-19(25-7-1-2-13(23)11-25)20(17)28-14-3-5-15(6-4-14)29(24,26)27/h3-6,8-9,13,19-20H,1-2,7,10-11,23H2,(H2,24,26,27)/t13?,19-,20-/m0/s1.